The fourth-order valence-electron chi connectivity index (χ4n) is 22.3. The molecule has 0 fully saturated rings. The number of rotatable bonds is 66. The van der Waals surface area contributed by atoms with E-state index in [1.54, 1.807) is 87.5 Å². The molecular weight excluding hydrogens is 1510 g/mol. The molecule has 0 heterocycles. The van der Waals surface area contributed by atoms with Gasteiger partial charge in [-0.05, 0) is 230 Å². The van der Waals surface area contributed by atoms with Crippen molar-refractivity contribution < 1.29 is 4.12 Å². The Balaban J connectivity index is 3.06. The van der Waals surface area contributed by atoms with Crippen LogP contribution < -0.4 is 20.7 Å². The van der Waals surface area contributed by atoms with E-state index in [-0.39, 0.29) is 65.0 Å². The standard InChI is InChI=1S/C120H214OSi2/c1-37-49-61-73-109(13,14)93-85-101(117(29,30)81-69-57-45-9)105(89-97(93)113(21,22)77-65-53-41-5)122(106-90-98(114(23,24)78-66-54-42-6)94(110(15,16)74-62-50-38-2)86-102(106)118(31,32)82-70-58-46-10)121-123(107-91-99(115(25,26)79-67-55-43-7)95(111(17,18)75-63-51-39-3)87-103(107)119(33,34)83-71-59-47-11)108-92-100(116(27,28)80-68-56-44-8)96(112(19,20)76-64-52-40-4)88-104(108)120(35,36)84-72-60-48-12/h85-92,122-123H,37-84H2,1-36H3. The maximum Gasteiger partial charge on any atom is 0.229 e. The van der Waals surface area contributed by atoms with Crippen molar-refractivity contribution in [3.05, 3.63) is 115 Å². The van der Waals surface area contributed by atoms with Gasteiger partial charge in [-0.3, -0.25) is 0 Å². The van der Waals surface area contributed by atoms with E-state index in [9.17, 15) is 4.12 Å². The molecule has 0 aliphatic heterocycles. The quantitative estimate of drug-likeness (QED) is 0.0316. The van der Waals surface area contributed by atoms with Crippen LogP contribution in [0.1, 0.15) is 624 Å². The molecule has 0 aromatic heterocycles. The summed E-state index contributed by atoms with van der Waals surface area (Å²) in [4.78, 5) is 0. The van der Waals surface area contributed by atoms with Gasteiger partial charge >= 0.3 is 0 Å². The molecule has 0 aliphatic rings. The first kappa shape index (κ1) is 113. The Morgan fingerprint density at radius 1 is 0.146 bits per heavy atom. The van der Waals surface area contributed by atoms with Gasteiger partial charge in [0.1, 0.15) is 0 Å². The zero-order chi connectivity index (χ0) is 92.7. The van der Waals surface area contributed by atoms with Gasteiger partial charge in [-0.15, -0.1) is 0 Å². The fourth-order valence-corrected chi connectivity index (χ4v) is 30.7. The number of hydrogen-bond donors (Lipinski definition) is 0. The molecule has 0 N–H and O–H groups in total. The lowest BCUT2D eigenvalue weighted by atomic mass is 9.67. The lowest BCUT2D eigenvalue weighted by Crippen LogP contribution is -2.61. The highest BCUT2D eigenvalue weighted by atomic mass is 28.4. The number of hydrogen-bond acceptors (Lipinski definition) is 1. The normalized spacial score (nSPS) is 13.6. The first-order valence-corrected chi connectivity index (χ1v) is 57.2. The van der Waals surface area contributed by atoms with E-state index in [0.717, 1.165) is 25.7 Å². The predicted octanol–water partition coefficient (Wildman–Crippen LogP) is 36.4. The summed E-state index contributed by atoms with van der Waals surface area (Å²) in [6.07, 6.45) is 59.0. The number of benzene rings is 4. The van der Waals surface area contributed by atoms with Crippen molar-refractivity contribution in [2.75, 3.05) is 0 Å². The van der Waals surface area contributed by atoms with E-state index in [2.05, 4.69) is 298 Å². The summed E-state index contributed by atoms with van der Waals surface area (Å²) in [6, 6.07) is 24.2. The van der Waals surface area contributed by atoms with Gasteiger partial charge in [0.25, 0.3) is 0 Å². The maximum absolute atomic E-state index is 10.4. The average molecular weight is 1730 g/mol. The molecule has 0 unspecified atom stereocenters. The van der Waals surface area contributed by atoms with Crippen LogP contribution in [0.2, 0.25) is 0 Å². The Bertz CT molecular complexity index is 3180. The van der Waals surface area contributed by atoms with Crippen LogP contribution in [0.5, 0.6) is 0 Å². The van der Waals surface area contributed by atoms with Crippen LogP contribution in [-0.2, 0) is 69.1 Å². The van der Waals surface area contributed by atoms with Gasteiger partial charge in [-0.2, -0.15) is 0 Å². The molecule has 0 aliphatic carbocycles. The summed E-state index contributed by atoms with van der Waals surface area (Å²) in [5, 5.41) is 6.52. The summed E-state index contributed by atoms with van der Waals surface area (Å²) in [7, 11) is -6.22. The molecule has 123 heavy (non-hydrogen) atoms. The van der Waals surface area contributed by atoms with Gasteiger partial charge in [0, 0.05) is 0 Å². The maximum atomic E-state index is 10.4. The molecule has 4 aromatic rings. The fraction of sp³-hybridized carbons (Fsp3) is 0.800. The molecule has 0 amide bonds. The second-order valence-electron chi connectivity index (χ2n) is 48.9. The molecule has 0 spiro atoms. The van der Waals surface area contributed by atoms with Crippen molar-refractivity contribution in [1.29, 1.82) is 0 Å². The van der Waals surface area contributed by atoms with Gasteiger partial charge in [-0.1, -0.05) is 529 Å². The molecule has 0 radical (unpaired) electrons. The molecule has 1 nitrogen and oxygen atoms in total. The lowest BCUT2D eigenvalue weighted by molar-refractivity contribution is 0.405. The predicted molar refractivity (Wildman–Crippen MR) is 566 cm³/mol. The van der Waals surface area contributed by atoms with Crippen molar-refractivity contribution in [2.45, 2.75) is 622 Å². The summed E-state index contributed by atoms with van der Waals surface area (Å²) in [5.41, 5.74) is 18.4. The Hall–Kier alpha value is -2.73. The van der Waals surface area contributed by atoms with Crippen molar-refractivity contribution >= 4 is 38.8 Å². The van der Waals surface area contributed by atoms with Gasteiger partial charge in [0.15, 0.2) is 0 Å². The molecule has 3 heteroatoms. The molecule has 0 bridgehead atoms. The molecule has 0 atom stereocenters. The molecule has 708 valence electrons. The molecule has 4 rings (SSSR count). The third kappa shape index (κ3) is 32.3. The van der Waals surface area contributed by atoms with E-state index in [4.69, 9.17) is 0 Å². The highest BCUT2D eigenvalue weighted by molar-refractivity contribution is 6.92. The minimum atomic E-state index is -3.11. The zero-order valence-corrected chi connectivity index (χ0v) is 92.4. The van der Waals surface area contributed by atoms with Crippen LogP contribution in [0, 0.1) is 0 Å². The monoisotopic (exact) mass is 1730 g/mol. The molecule has 0 saturated heterocycles. The van der Waals surface area contributed by atoms with E-state index >= 15 is 0 Å². The van der Waals surface area contributed by atoms with Gasteiger partial charge < -0.3 is 4.12 Å². The first-order chi connectivity index (χ1) is 57.5. The van der Waals surface area contributed by atoms with Crippen molar-refractivity contribution in [1.82, 2.24) is 0 Å². The van der Waals surface area contributed by atoms with Gasteiger partial charge in [-0.25, -0.2) is 0 Å². The highest BCUT2D eigenvalue weighted by Gasteiger charge is 2.47. The van der Waals surface area contributed by atoms with Gasteiger partial charge in [0.05, 0.1) is 0 Å². The Kier molecular flexibility index (Phi) is 47.0. The van der Waals surface area contributed by atoms with E-state index < -0.39 is 18.1 Å². The van der Waals surface area contributed by atoms with Crippen molar-refractivity contribution in [3.63, 3.8) is 0 Å². The first-order valence-electron chi connectivity index (χ1n) is 54.0. The van der Waals surface area contributed by atoms with Crippen LogP contribution >= 0.6 is 0 Å². The Morgan fingerprint density at radius 2 is 0.244 bits per heavy atom. The largest absolute Gasteiger partial charge is 0.446 e. The summed E-state index contributed by atoms with van der Waals surface area (Å²) in [6.45, 7) is 94.4. The van der Waals surface area contributed by atoms with Crippen LogP contribution in [-0.4, -0.2) is 18.1 Å². The van der Waals surface area contributed by atoms with Gasteiger partial charge in [0.2, 0.25) is 18.1 Å². The smallest absolute Gasteiger partial charge is 0.229 e. The zero-order valence-electron chi connectivity index (χ0n) is 90.1. The minimum absolute atomic E-state index is 0.0447. The van der Waals surface area contributed by atoms with Crippen molar-refractivity contribution in [2.24, 2.45) is 0 Å². The molecule has 4 aromatic carbocycles. The Labute approximate surface area is 775 Å². The van der Waals surface area contributed by atoms with Crippen LogP contribution in [0.15, 0.2) is 48.5 Å². The molecule has 0 saturated carbocycles. The third-order valence-electron chi connectivity index (χ3n) is 31.8. The second kappa shape index (κ2) is 51.3. The van der Waals surface area contributed by atoms with E-state index in [0.29, 0.717) is 0 Å². The van der Waals surface area contributed by atoms with E-state index in [1.807, 2.05) is 0 Å². The Morgan fingerprint density at radius 3 is 0.350 bits per heavy atom. The van der Waals surface area contributed by atoms with E-state index in [1.165, 1.54) is 283 Å². The summed E-state index contributed by atoms with van der Waals surface area (Å²) in [5.74, 6) is 0. The SMILES string of the molecule is CCCCCC(C)(C)c1cc(C(C)(C)CCCCC)c(C(C)(C)CCCCC)cc1[SiH](O[SiH](c1cc(C(C)(C)CCCCC)c(C(C)(C)CCCCC)cc1C(C)(C)CCCCC)c1cc(C(C)(C)CCCCC)c(C(C)(C)CCCCC)cc1C(C)(C)CCCCC)c1cc(C(C)(C)CCCCC)c(C(C)(C)CCCCC)cc1C(C)(C)CCCCC. The number of unbranched alkanes of at least 4 members (excludes halogenated alkanes) is 24. The summed E-state index contributed by atoms with van der Waals surface area (Å²) < 4.78 is 10.4. The third-order valence-corrected chi connectivity index (χ3v) is 38.1. The highest BCUT2D eigenvalue weighted by Crippen LogP contribution is 2.50. The average Bonchev–Trinajstić information content (AvgIpc) is 0.720. The minimum Gasteiger partial charge on any atom is -0.446 e. The van der Waals surface area contributed by atoms with Crippen LogP contribution in [0.4, 0.5) is 0 Å². The van der Waals surface area contributed by atoms with Crippen LogP contribution in [0.25, 0.3) is 0 Å². The topological polar surface area (TPSA) is 9.23 Å². The van der Waals surface area contributed by atoms with Crippen molar-refractivity contribution in [3.8, 4) is 0 Å². The molecular formula is C120H214OSi2. The summed E-state index contributed by atoms with van der Waals surface area (Å²) >= 11 is 0. The second-order valence-corrected chi connectivity index (χ2v) is 54.0. The van der Waals surface area contributed by atoms with Crippen LogP contribution in [0.3, 0.4) is 0 Å². The lowest BCUT2D eigenvalue weighted by Gasteiger charge is -2.44.